The van der Waals surface area contributed by atoms with Crippen LogP contribution in [-0.2, 0) is 0 Å². The van der Waals surface area contributed by atoms with Crippen molar-refractivity contribution >= 4 is 34.1 Å². The highest BCUT2D eigenvalue weighted by Gasteiger charge is 2.19. The zero-order valence-electron chi connectivity index (χ0n) is 31.4. The Labute approximate surface area is 320 Å². The maximum Gasteiger partial charge on any atom is 0.0491 e. The maximum atomic E-state index is 2.39. The second-order valence-corrected chi connectivity index (χ2v) is 14.1. The lowest BCUT2D eigenvalue weighted by atomic mass is 9.98. The van der Waals surface area contributed by atoms with Crippen LogP contribution in [0.2, 0.25) is 0 Å². The normalized spacial score (nSPS) is 11.0. The zero-order valence-corrected chi connectivity index (χ0v) is 31.4. The Morgan fingerprint density at radius 2 is 0.537 bits per heavy atom. The SMILES string of the molecule is Cc1ccccc1N(c1ccc(-c2ccccc2)cc1)c1ccc(-c2ccc(N(c3ccc(-c4ccccc4)cc3)c3ccccc3C)c(C)c2)cc1C. The Morgan fingerprint density at radius 1 is 0.241 bits per heavy atom. The van der Waals surface area contributed by atoms with Gasteiger partial charge in [0.15, 0.2) is 0 Å². The van der Waals surface area contributed by atoms with Crippen LogP contribution in [0.25, 0.3) is 33.4 Å². The number of nitrogens with zero attached hydrogens (tertiary/aromatic N) is 2. The molecule has 0 aliphatic rings. The van der Waals surface area contributed by atoms with Gasteiger partial charge in [-0.25, -0.2) is 0 Å². The Kier molecular flexibility index (Phi) is 9.66. The van der Waals surface area contributed by atoms with Crippen molar-refractivity contribution in [1.82, 2.24) is 0 Å². The molecule has 2 heteroatoms. The van der Waals surface area contributed by atoms with E-state index in [1.807, 2.05) is 0 Å². The molecule has 0 heterocycles. The summed E-state index contributed by atoms with van der Waals surface area (Å²) in [5.74, 6) is 0. The number of aryl methyl sites for hydroxylation is 4. The fraction of sp³-hybridized carbons (Fsp3) is 0.0769. The van der Waals surface area contributed by atoms with Gasteiger partial charge >= 0.3 is 0 Å². The zero-order chi connectivity index (χ0) is 37.0. The van der Waals surface area contributed by atoms with E-state index in [2.05, 4.69) is 232 Å². The molecule has 8 aromatic rings. The number of para-hydroxylation sites is 2. The number of hydrogen-bond acceptors (Lipinski definition) is 2. The molecule has 0 atom stereocenters. The molecule has 2 nitrogen and oxygen atoms in total. The van der Waals surface area contributed by atoms with Gasteiger partial charge in [-0.15, -0.1) is 0 Å². The van der Waals surface area contributed by atoms with Gasteiger partial charge < -0.3 is 9.80 Å². The van der Waals surface area contributed by atoms with E-state index >= 15 is 0 Å². The van der Waals surface area contributed by atoms with Gasteiger partial charge in [-0.1, -0.05) is 133 Å². The highest BCUT2D eigenvalue weighted by molar-refractivity contribution is 5.85. The van der Waals surface area contributed by atoms with Crippen molar-refractivity contribution < 1.29 is 0 Å². The molecular weight excluding hydrogens is 653 g/mol. The highest BCUT2D eigenvalue weighted by atomic mass is 15.2. The molecule has 0 aromatic heterocycles. The fourth-order valence-electron chi connectivity index (χ4n) is 7.48. The predicted octanol–water partition coefficient (Wildman–Crippen LogP) is 14.9. The summed E-state index contributed by atoms with van der Waals surface area (Å²) in [5.41, 5.74) is 19.1. The molecule has 0 spiro atoms. The number of hydrogen-bond donors (Lipinski definition) is 0. The largest absolute Gasteiger partial charge is 0.310 e. The summed E-state index contributed by atoms with van der Waals surface area (Å²) in [6, 6.07) is 70.0. The minimum absolute atomic E-state index is 1.13. The van der Waals surface area contributed by atoms with E-state index in [0.29, 0.717) is 0 Å². The predicted molar refractivity (Wildman–Crippen MR) is 231 cm³/mol. The van der Waals surface area contributed by atoms with Crippen LogP contribution in [0.4, 0.5) is 34.1 Å². The summed E-state index contributed by atoms with van der Waals surface area (Å²) in [6.07, 6.45) is 0. The smallest absolute Gasteiger partial charge is 0.0491 e. The van der Waals surface area contributed by atoms with Gasteiger partial charge in [-0.2, -0.15) is 0 Å². The highest BCUT2D eigenvalue weighted by Crippen LogP contribution is 2.42. The average molecular weight is 697 g/mol. The van der Waals surface area contributed by atoms with Crippen LogP contribution in [0.1, 0.15) is 22.3 Å². The first-order valence-electron chi connectivity index (χ1n) is 18.7. The molecule has 0 N–H and O–H groups in total. The molecule has 0 bridgehead atoms. The van der Waals surface area contributed by atoms with Crippen LogP contribution in [0.5, 0.6) is 0 Å². The van der Waals surface area contributed by atoms with E-state index < -0.39 is 0 Å². The molecular formula is C52H44N2. The molecule has 8 rings (SSSR count). The third-order valence-electron chi connectivity index (χ3n) is 10.4. The second-order valence-electron chi connectivity index (χ2n) is 14.1. The van der Waals surface area contributed by atoms with Crippen molar-refractivity contribution in [3.05, 3.63) is 216 Å². The lowest BCUT2D eigenvalue weighted by molar-refractivity contribution is 1.22. The first-order chi connectivity index (χ1) is 26.4. The van der Waals surface area contributed by atoms with Gasteiger partial charge in [0, 0.05) is 34.1 Å². The van der Waals surface area contributed by atoms with E-state index in [9.17, 15) is 0 Å². The topological polar surface area (TPSA) is 6.48 Å². The molecule has 54 heavy (non-hydrogen) atoms. The monoisotopic (exact) mass is 696 g/mol. The molecule has 0 aliphatic carbocycles. The van der Waals surface area contributed by atoms with Crippen molar-refractivity contribution in [3.63, 3.8) is 0 Å². The van der Waals surface area contributed by atoms with Gasteiger partial charge in [0.25, 0.3) is 0 Å². The van der Waals surface area contributed by atoms with Gasteiger partial charge in [0.05, 0.1) is 0 Å². The van der Waals surface area contributed by atoms with Gasteiger partial charge in [0.1, 0.15) is 0 Å². The standard InChI is InChI=1S/C52H44N2/c1-37-15-11-13-21-49(37)53(47-29-23-43(24-30-47)41-17-7-5-8-18-41)51-33-27-45(35-39(51)3)46-28-34-52(40(4)36-46)54(50-22-14-12-16-38(50)2)48-31-25-44(26-32-48)42-19-9-6-10-20-42/h5-36H,1-4H3. The summed E-state index contributed by atoms with van der Waals surface area (Å²) in [4.78, 5) is 4.78. The quantitative estimate of drug-likeness (QED) is 0.148. The van der Waals surface area contributed by atoms with Crippen LogP contribution in [0, 0.1) is 27.7 Å². The molecule has 262 valence electrons. The van der Waals surface area contributed by atoms with Crippen LogP contribution < -0.4 is 9.80 Å². The van der Waals surface area contributed by atoms with Crippen molar-refractivity contribution in [2.75, 3.05) is 9.80 Å². The summed E-state index contributed by atoms with van der Waals surface area (Å²) < 4.78 is 0. The first-order valence-corrected chi connectivity index (χ1v) is 18.7. The summed E-state index contributed by atoms with van der Waals surface area (Å²) >= 11 is 0. The number of rotatable bonds is 9. The van der Waals surface area contributed by atoms with Gasteiger partial charge in [-0.3, -0.25) is 0 Å². The molecule has 0 radical (unpaired) electrons. The maximum absolute atomic E-state index is 2.39. The van der Waals surface area contributed by atoms with Crippen LogP contribution in [0.3, 0.4) is 0 Å². The van der Waals surface area contributed by atoms with E-state index in [-0.39, 0.29) is 0 Å². The minimum Gasteiger partial charge on any atom is -0.310 e. The lowest BCUT2D eigenvalue weighted by Crippen LogP contribution is -2.13. The Balaban J connectivity index is 1.14. The summed E-state index contributed by atoms with van der Waals surface area (Å²) in [5, 5.41) is 0. The van der Waals surface area contributed by atoms with E-state index in [1.165, 1.54) is 78.4 Å². The molecule has 0 saturated heterocycles. The van der Waals surface area contributed by atoms with E-state index in [4.69, 9.17) is 0 Å². The Hall–Kier alpha value is -6.64. The van der Waals surface area contributed by atoms with Crippen molar-refractivity contribution in [2.45, 2.75) is 27.7 Å². The lowest BCUT2D eigenvalue weighted by Gasteiger charge is -2.29. The van der Waals surface area contributed by atoms with Crippen LogP contribution in [-0.4, -0.2) is 0 Å². The van der Waals surface area contributed by atoms with Crippen LogP contribution in [0.15, 0.2) is 194 Å². The van der Waals surface area contributed by atoms with Gasteiger partial charge in [-0.05, 0) is 144 Å². The molecule has 0 fully saturated rings. The molecule has 8 aromatic carbocycles. The number of anilines is 6. The second kappa shape index (κ2) is 15.1. The summed E-state index contributed by atoms with van der Waals surface area (Å²) in [6.45, 7) is 8.82. The Morgan fingerprint density at radius 3 is 0.889 bits per heavy atom. The van der Waals surface area contributed by atoms with E-state index in [1.54, 1.807) is 0 Å². The summed E-state index contributed by atoms with van der Waals surface area (Å²) in [7, 11) is 0. The van der Waals surface area contributed by atoms with Crippen molar-refractivity contribution in [1.29, 1.82) is 0 Å². The third-order valence-corrected chi connectivity index (χ3v) is 10.4. The fourth-order valence-corrected chi connectivity index (χ4v) is 7.48. The molecule has 0 amide bonds. The average Bonchev–Trinajstić information content (AvgIpc) is 3.22. The molecule has 0 aliphatic heterocycles. The molecule has 0 unspecified atom stereocenters. The van der Waals surface area contributed by atoms with Crippen LogP contribution >= 0.6 is 0 Å². The Bertz CT molecular complexity index is 2340. The van der Waals surface area contributed by atoms with E-state index in [0.717, 1.165) is 11.4 Å². The first kappa shape index (κ1) is 34.4. The van der Waals surface area contributed by atoms with Crippen molar-refractivity contribution in [3.8, 4) is 33.4 Å². The molecule has 0 saturated carbocycles. The third kappa shape index (κ3) is 6.95. The van der Waals surface area contributed by atoms with Gasteiger partial charge in [0.2, 0.25) is 0 Å². The number of benzene rings is 8. The minimum atomic E-state index is 1.13. The van der Waals surface area contributed by atoms with Crippen molar-refractivity contribution in [2.24, 2.45) is 0 Å².